The van der Waals surface area contributed by atoms with Gasteiger partial charge in [0.15, 0.2) is 0 Å². The second kappa shape index (κ2) is 11.8. The Morgan fingerprint density at radius 3 is 2.32 bits per heavy atom. The van der Waals surface area contributed by atoms with E-state index in [2.05, 4.69) is 41.2 Å². The molecule has 4 fully saturated rings. The highest BCUT2D eigenvalue weighted by molar-refractivity contribution is 5.91. The van der Waals surface area contributed by atoms with Gasteiger partial charge in [0.25, 0.3) is 0 Å². The average molecular weight is 512 g/mol. The molecule has 4 aliphatic carbocycles. The summed E-state index contributed by atoms with van der Waals surface area (Å²) in [6.45, 7) is 19.4. The van der Waals surface area contributed by atoms with Crippen molar-refractivity contribution in [2.45, 2.75) is 131 Å². The topological polar surface area (TPSA) is 20.3 Å². The van der Waals surface area contributed by atoms with E-state index in [0.717, 1.165) is 60.3 Å². The van der Waals surface area contributed by atoms with Gasteiger partial charge < -0.3 is 4.90 Å². The summed E-state index contributed by atoms with van der Waals surface area (Å²) in [4.78, 5) is 14.0. The van der Waals surface area contributed by atoms with Crippen LogP contribution in [0.1, 0.15) is 131 Å². The molecule has 2 nitrogen and oxygen atoms in total. The lowest BCUT2D eigenvalue weighted by Gasteiger charge is -2.61. The SMILES string of the molecule is C=C(C)C(=O)N(C)CCC[C@H]1CC[C@@]2(C)[C@@H](CC[C@@H]3[C@@H]2CC[C@]2(C)C([C@H](C)CCCC(C)C)CC[C@@H]32)C1. The Balaban J connectivity index is 1.32. The fourth-order valence-corrected chi connectivity index (χ4v) is 10.7. The summed E-state index contributed by atoms with van der Waals surface area (Å²) >= 11 is 0. The van der Waals surface area contributed by atoms with Crippen molar-refractivity contribution in [3.8, 4) is 0 Å². The van der Waals surface area contributed by atoms with E-state index in [-0.39, 0.29) is 5.91 Å². The van der Waals surface area contributed by atoms with Crippen molar-refractivity contribution >= 4 is 5.91 Å². The van der Waals surface area contributed by atoms with Gasteiger partial charge in [-0.05, 0) is 136 Å². The molecule has 0 aromatic rings. The maximum absolute atomic E-state index is 12.1. The molecule has 1 amide bonds. The second-order valence-electron chi connectivity index (χ2n) is 15.5. The van der Waals surface area contributed by atoms with Crippen LogP contribution in [0, 0.1) is 58.2 Å². The van der Waals surface area contributed by atoms with Gasteiger partial charge in [0.05, 0.1) is 0 Å². The van der Waals surface area contributed by atoms with Crippen molar-refractivity contribution in [2.24, 2.45) is 58.2 Å². The lowest BCUT2D eigenvalue weighted by atomic mass is 9.44. The quantitative estimate of drug-likeness (QED) is 0.267. The standard InChI is InChI=1S/C35H61NO/c1-24(2)11-9-12-26(5)30-16-17-31-29-15-14-28-23-27(13-10-22-36(8)33(37)25(3)4)18-20-34(28,6)32(29)19-21-35(30,31)7/h24,26-32H,3,9-23H2,1-2,4-8H3/t26-,27+,28+,29+,30?,31+,32+,34+,35-/m1/s1. The summed E-state index contributed by atoms with van der Waals surface area (Å²) in [5.74, 6) is 7.66. The first kappa shape index (κ1) is 29.2. The number of nitrogens with zero attached hydrogens (tertiary/aromatic N) is 1. The van der Waals surface area contributed by atoms with Crippen LogP contribution in [0.15, 0.2) is 12.2 Å². The van der Waals surface area contributed by atoms with E-state index in [1.807, 2.05) is 18.9 Å². The average Bonchev–Trinajstić information content (AvgIpc) is 3.20. The normalized spacial score (nSPS) is 40.0. The Morgan fingerprint density at radius 2 is 1.62 bits per heavy atom. The molecular formula is C35H61NO. The van der Waals surface area contributed by atoms with Crippen molar-refractivity contribution in [1.29, 1.82) is 0 Å². The molecule has 4 saturated carbocycles. The number of fused-ring (bicyclic) bond motifs is 5. The third-order valence-electron chi connectivity index (χ3n) is 12.8. The molecule has 9 atom stereocenters. The molecule has 0 aromatic carbocycles. The first-order chi connectivity index (χ1) is 17.5. The van der Waals surface area contributed by atoms with E-state index in [0.29, 0.717) is 16.4 Å². The van der Waals surface area contributed by atoms with Crippen LogP contribution in [-0.2, 0) is 4.79 Å². The molecule has 0 aromatic heterocycles. The first-order valence-electron chi connectivity index (χ1n) is 16.4. The Kier molecular flexibility index (Phi) is 9.28. The molecule has 212 valence electrons. The molecule has 4 rings (SSSR count). The number of hydrogen-bond donors (Lipinski definition) is 0. The fourth-order valence-electron chi connectivity index (χ4n) is 10.7. The lowest BCUT2D eigenvalue weighted by molar-refractivity contribution is -0.126. The van der Waals surface area contributed by atoms with Gasteiger partial charge in [-0.15, -0.1) is 0 Å². The van der Waals surface area contributed by atoms with Gasteiger partial charge in [0.2, 0.25) is 5.91 Å². The third kappa shape index (κ3) is 5.89. The zero-order valence-corrected chi connectivity index (χ0v) is 25.8. The molecule has 0 bridgehead atoms. The van der Waals surface area contributed by atoms with Crippen LogP contribution in [0.25, 0.3) is 0 Å². The van der Waals surface area contributed by atoms with Crippen LogP contribution in [0.3, 0.4) is 0 Å². The maximum atomic E-state index is 12.1. The predicted octanol–water partition coefficient (Wildman–Crippen LogP) is 9.54. The van der Waals surface area contributed by atoms with E-state index < -0.39 is 0 Å². The van der Waals surface area contributed by atoms with E-state index in [1.54, 1.807) is 0 Å². The number of rotatable bonds is 10. The van der Waals surface area contributed by atoms with Gasteiger partial charge in [-0.1, -0.05) is 60.5 Å². The molecule has 4 aliphatic rings. The van der Waals surface area contributed by atoms with E-state index in [1.165, 1.54) is 83.5 Å². The minimum absolute atomic E-state index is 0.109. The summed E-state index contributed by atoms with van der Waals surface area (Å²) in [5, 5.41) is 0. The van der Waals surface area contributed by atoms with E-state index in [9.17, 15) is 4.79 Å². The van der Waals surface area contributed by atoms with Crippen molar-refractivity contribution in [1.82, 2.24) is 4.90 Å². The van der Waals surface area contributed by atoms with Crippen molar-refractivity contribution in [2.75, 3.05) is 13.6 Å². The highest BCUT2D eigenvalue weighted by atomic mass is 16.2. The number of hydrogen-bond acceptors (Lipinski definition) is 1. The van der Waals surface area contributed by atoms with Crippen LogP contribution in [0.2, 0.25) is 0 Å². The molecule has 0 saturated heterocycles. The molecule has 0 aliphatic heterocycles. The molecule has 0 radical (unpaired) electrons. The third-order valence-corrected chi connectivity index (χ3v) is 12.8. The van der Waals surface area contributed by atoms with Crippen molar-refractivity contribution in [3.63, 3.8) is 0 Å². The second-order valence-corrected chi connectivity index (χ2v) is 15.5. The van der Waals surface area contributed by atoms with Gasteiger partial charge in [-0.2, -0.15) is 0 Å². The monoisotopic (exact) mass is 511 g/mol. The van der Waals surface area contributed by atoms with Gasteiger partial charge in [0.1, 0.15) is 0 Å². The number of carbonyl (C=O) groups excluding carboxylic acids is 1. The Labute approximate surface area is 230 Å². The summed E-state index contributed by atoms with van der Waals surface area (Å²) in [5.41, 5.74) is 1.87. The van der Waals surface area contributed by atoms with Crippen LogP contribution >= 0.6 is 0 Å². The molecule has 0 spiro atoms. The number of likely N-dealkylation sites (N-methyl/N-ethyl adjacent to an activating group) is 1. The van der Waals surface area contributed by atoms with Crippen molar-refractivity contribution < 1.29 is 4.79 Å². The molecular weight excluding hydrogens is 450 g/mol. The summed E-state index contributed by atoms with van der Waals surface area (Å²) in [7, 11) is 1.94. The Morgan fingerprint density at radius 1 is 0.919 bits per heavy atom. The highest BCUT2D eigenvalue weighted by Gasteiger charge is 2.60. The lowest BCUT2D eigenvalue weighted by Crippen LogP contribution is -2.53. The summed E-state index contributed by atoms with van der Waals surface area (Å²) in [6, 6.07) is 0. The zero-order chi connectivity index (χ0) is 27.0. The van der Waals surface area contributed by atoms with Crippen LogP contribution < -0.4 is 0 Å². The first-order valence-corrected chi connectivity index (χ1v) is 16.4. The van der Waals surface area contributed by atoms with Crippen molar-refractivity contribution in [3.05, 3.63) is 12.2 Å². The summed E-state index contributed by atoms with van der Waals surface area (Å²) in [6.07, 6.45) is 20.1. The van der Waals surface area contributed by atoms with Gasteiger partial charge in [0, 0.05) is 19.2 Å². The molecule has 0 N–H and O–H groups in total. The number of amides is 1. The smallest absolute Gasteiger partial charge is 0.248 e. The van der Waals surface area contributed by atoms with Crippen LogP contribution in [0.4, 0.5) is 0 Å². The van der Waals surface area contributed by atoms with Crippen LogP contribution in [0.5, 0.6) is 0 Å². The fraction of sp³-hybridized carbons (Fsp3) is 0.914. The van der Waals surface area contributed by atoms with E-state index >= 15 is 0 Å². The Hall–Kier alpha value is -0.790. The minimum atomic E-state index is 0.109. The zero-order valence-electron chi connectivity index (χ0n) is 25.8. The molecule has 0 heterocycles. The summed E-state index contributed by atoms with van der Waals surface area (Å²) < 4.78 is 0. The van der Waals surface area contributed by atoms with Gasteiger partial charge >= 0.3 is 0 Å². The maximum Gasteiger partial charge on any atom is 0.248 e. The number of carbonyl (C=O) groups is 1. The highest BCUT2D eigenvalue weighted by Crippen LogP contribution is 2.68. The molecule has 37 heavy (non-hydrogen) atoms. The molecule has 1 unspecified atom stereocenters. The Bertz CT molecular complexity index is 801. The van der Waals surface area contributed by atoms with E-state index in [4.69, 9.17) is 0 Å². The minimum Gasteiger partial charge on any atom is -0.342 e. The van der Waals surface area contributed by atoms with Gasteiger partial charge in [-0.25, -0.2) is 0 Å². The largest absolute Gasteiger partial charge is 0.342 e. The predicted molar refractivity (Wildman–Crippen MR) is 158 cm³/mol. The molecule has 2 heteroatoms. The van der Waals surface area contributed by atoms with Gasteiger partial charge in [-0.3, -0.25) is 4.79 Å². The van der Waals surface area contributed by atoms with Crippen LogP contribution in [-0.4, -0.2) is 24.4 Å².